The maximum Gasteiger partial charge on any atom is 0.238 e. The molecule has 0 aromatic heterocycles. The van der Waals surface area contributed by atoms with Gasteiger partial charge in [-0.05, 0) is 44.0 Å². The lowest BCUT2D eigenvalue weighted by atomic mass is 9.95. The van der Waals surface area contributed by atoms with Crippen LogP contribution in [0.1, 0.15) is 12.8 Å². The predicted octanol–water partition coefficient (Wildman–Crippen LogP) is 2.29. The minimum Gasteiger partial charge on any atom is -0.368 e. The summed E-state index contributed by atoms with van der Waals surface area (Å²) in [6.07, 6.45) is 2.14. The molecule has 1 saturated carbocycles. The number of hydrogen-bond acceptors (Lipinski definition) is 3. The van der Waals surface area contributed by atoms with Gasteiger partial charge in [0.05, 0.1) is 0 Å². The van der Waals surface area contributed by atoms with Gasteiger partial charge in [0, 0.05) is 15.7 Å². The van der Waals surface area contributed by atoms with E-state index in [1.54, 1.807) is 11.8 Å². The average Bonchev–Trinajstić information content (AvgIpc) is 3.15. The smallest absolute Gasteiger partial charge is 0.238 e. The lowest BCUT2D eigenvalue weighted by Gasteiger charge is -2.30. The van der Waals surface area contributed by atoms with E-state index < -0.39 is 5.54 Å². The first-order valence-electron chi connectivity index (χ1n) is 5.95. The first-order chi connectivity index (χ1) is 8.58. The Labute approximate surface area is 116 Å². The Morgan fingerprint density at radius 3 is 2.83 bits per heavy atom. The highest BCUT2D eigenvalue weighted by atomic mass is 35.5. The maximum atomic E-state index is 11.7. The third-order valence-corrected chi connectivity index (χ3v) is 4.84. The van der Waals surface area contributed by atoms with Crippen molar-refractivity contribution in [2.45, 2.75) is 23.3 Å². The second-order valence-corrected chi connectivity index (χ2v) is 6.09. The molecule has 0 bridgehead atoms. The van der Waals surface area contributed by atoms with E-state index in [4.69, 9.17) is 17.3 Å². The van der Waals surface area contributed by atoms with Gasteiger partial charge in [0.25, 0.3) is 0 Å². The van der Waals surface area contributed by atoms with Gasteiger partial charge in [-0.15, -0.1) is 11.8 Å². The molecule has 1 atom stereocenters. The van der Waals surface area contributed by atoms with Gasteiger partial charge >= 0.3 is 0 Å². The molecular formula is C13H17ClN2OS. The standard InChI is InChI=1S/C13H17ClN2OS/c1-16-13(12(15)17,9-5-6-9)8-18-11-4-2-3-10(14)7-11/h2-4,7,9,16H,5-6,8H2,1H3,(H2,15,17). The molecule has 0 radical (unpaired) electrons. The maximum absolute atomic E-state index is 11.7. The summed E-state index contributed by atoms with van der Waals surface area (Å²) in [4.78, 5) is 12.8. The van der Waals surface area contributed by atoms with Gasteiger partial charge in [-0.25, -0.2) is 0 Å². The van der Waals surface area contributed by atoms with E-state index in [0.717, 1.165) is 17.7 Å². The molecule has 1 amide bonds. The van der Waals surface area contributed by atoms with Crippen molar-refractivity contribution in [3.63, 3.8) is 0 Å². The monoisotopic (exact) mass is 284 g/mol. The van der Waals surface area contributed by atoms with Crippen LogP contribution in [0.15, 0.2) is 29.2 Å². The molecule has 0 spiro atoms. The van der Waals surface area contributed by atoms with Gasteiger partial charge in [0.1, 0.15) is 5.54 Å². The summed E-state index contributed by atoms with van der Waals surface area (Å²) in [5, 5.41) is 3.84. The van der Waals surface area contributed by atoms with E-state index in [-0.39, 0.29) is 5.91 Å². The molecule has 18 heavy (non-hydrogen) atoms. The molecule has 3 nitrogen and oxygen atoms in total. The second kappa shape index (κ2) is 5.51. The predicted molar refractivity (Wildman–Crippen MR) is 75.9 cm³/mol. The summed E-state index contributed by atoms with van der Waals surface area (Å²) in [7, 11) is 1.81. The van der Waals surface area contributed by atoms with Crippen molar-refractivity contribution in [2.75, 3.05) is 12.8 Å². The molecule has 1 aliphatic rings. The third kappa shape index (κ3) is 2.82. The number of thioether (sulfide) groups is 1. The van der Waals surface area contributed by atoms with E-state index in [9.17, 15) is 4.79 Å². The number of primary amides is 1. The number of likely N-dealkylation sites (N-methyl/N-ethyl adjacent to an activating group) is 1. The molecule has 0 heterocycles. The van der Waals surface area contributed by atoms with E-state index in [2.05, 4.69) is 5.32 Å². The molecular weight excluding hydrogens is 268 g/mol. The van der Waals surface area contributed by atoms with E-state index >= 15 is 0 Å². The van der Waals surface area contributed by atoms with Crippen LogP contribution >= 0.6 is 23.4 Å². The molecule has 3 N–H and O–H groups in total. The number of hydrogen-bond donors (Lipinski definition) is 2. The van der Waals surface area contributed by atoms with Crippen LogP contribution in [0.5, 0.6) is 0 Å². The SMILES string of the molecule is CNC(CSc1cccc(Cl)c1)(C(N)=O)C1CC1. The van der Waals surface area contributed by atoms with Crippen LogP contribution in [0.4, 0.5) is 0 Å². The van der Waals surface area contributed by atoms with Gasteiger partial charge < -0.3 is 11.1 Å². The fraction of sp³-hybridized carbons (Fsp3) is 0.462. The van der Waals surface area contributed by atoms with Crippen molar-refractivity contribution in [3.05, 3.63) is 29.3 Å². The normalized spacial score (nSPS) is 18.3. The van der Waals surface area contributed by atoms with Gasteiger partial charge in [-0.3, -0.25) is 4.79 Å². The van der Waals surface area contributed by atoms with Gasteiger partial charge in [-0.1, -0.05) is 17.7 Å². The van der Waals surface area contributed by atoms with Crippen molar-refractivity contribution in [2.24, 2.45) is 11.7 Å². The molecule has 1 fully saturated rings. The summed E-state index contributed by atoms with van der Waals surface area (Å²) in [6, 6.07) is 7.64. The zero-order valence-corrected chi connectivity index (χ0v) is 11.9. The molecule has 1 aromatic carbocycles. The number of nitrogens with two attached hydrogens (primary N) is 1. The van der Waals surface area contributed by atoms with Crippen LogP contribution in [0.2, 0.25) is 5.02 Å². The summed E-state index contributed by atoms with van der Waals surface area (Å²) < 4.78 is 0. The third-order valence-electron chi connectivity index (χ3n) is 3.42. The molecule has 0 aliphatic heterocycles. The molecule has 1 aromatic rings. The second-order valence-electron chi connectivity index (χ2n) is 4.61. The van der Waals surface area contributed by atoms with E-state index in [0.29, 0.717) is 16.7 Å². The fourth-order valence-corrected chi connectivity index (χ4v) is 3.68. The number of nitrogens with one attached hydrogen (secondary N) is 1. The highest BCUT2D eigenvalue weighted by Crippen LogP contribution is 2.42. The van der Waals surface area contributed by atoms with Crippen LogP contribution < -0.4 is 11.1 Å². The Kier molecular flexibility index (Phi) is 4.20. The minimum absolute atomic E-state index is 0.262. The number of carbonyl (C=O) groups excluding carboxylic acids is 1. The highest BCUT2D eigenvalue weighted by Gasteiger charge is 2.48. The van der Waals surface area contributed by atoms with E-state index in [1.165, 1.54) is 0 Å². The quantitative estimate of drug-likeness (QED) is 0.788. The Bertz CT molecular complexity index is 450. The molecule has 1 aliphatic carbocycles. The average molecular weight is 285 g/mol. The first kappa shape index (κ1) is 13.7. The number of benzene rings is 1. The zero-order chi connectivity index (χ0) is 13.2. The Morgan fingerprint density at radius 2 is 2.33 bits per heavy atom. The fourth-order valence-electron chi connectivity index (χ4n) is 2.12. The van der Waals surface area contributed by atoms with Crippen LogP contribution in [0.25, 0.3) is 0 Å². The molecule has 98 valence electrons. The van der Waals surface area contributed by atoms with E-state index in [1.807, 2.05) is 31.3 Å². The largest absolute Gasteiger partial charge is 0.368 e. The van der Waals surface area contributed by atoms with Crippen LogP contribution in [-0.4, -0.2) is 24.2 Å². The zero-order valence-electron chi connectivity index (χ0n) is 10.3. The van der Waals surface area contributed by atoms with Gasteiger partial charge in [0.15, 0.2) is 0 Å². The molecule has 0 saturated heterocycles. The number of amides is 1. The number of rotatable bonds is 6. The van der Waals surface area contributed by atoms with Crippen LogP contribution in [0.3, 0.4) is 0 Å². The Morgan fingerprint density at radius 1 is 1.61 bits per heavy atom. The highest BCUT2D eigenvalue weighted by molar-refractivity contribution is 7.99. The Balaban J connectivity index is 2.08. The van der Waals surface area contributed by atoms with Crippen molar-refractivity contribution < 1.29 is 4.79 Å². The van der Waals surface area contributed by atoms with Crippen LogP contribution in [-0.2, 0) is 4.79 Å². The van der Waals surface area contributed by atoms with Gasteiger partial charge in [0.2, 0.25) is 5.91 Å². The summed E-state index contributed by atoms with van der Waals surface area (Å²) in [5.74, 6) is 0.748. The minimum atomic E-state index is -0.590. The molecule has 2 rings (SSSR count). The Hall–Kier alpha value is -0.710. The molecule has 1 unspecified atom stereocenters. The number of halogens is 1. The topological polar surface area (TPSA) is 55.1 Å². The number of carbonyl (C=O) groups is 1. The van der Waals surface area contributed by atoms with Gasteiger partial charge in [-0.2, -0.15) is 0 Å². The van der Waals surface area contributed by atoms with Crippen LogP contribution in [0, 0.1) is 5.92 Å². The van der Waals surface area contributed by atoms with Crippen molar-refractivity contribution in [1.82, 2.24) is 5.32 Å². The van der Waals surface area contributed by atoms with Crippen molar-refractivity contribution >= 4 is 29.3 Å². The summed E-state index contributed by atoms with van der Waals surface area (Å²) in [6.45, 7) is 0. The lowest BCUT2D eigenvalue weighted by molar-refractivity contribution is -0.124. The van der Waals surface area contributed by atoms with Crippen molar-refractivity contribution in [1.29, 1.82) is 0 Å². The lowest BCUT2D eigenvalue weighted by Crippen LogP contribution is -2.57. The van der Waals surface area contributed by atoms with Crippen molar-refractivity contribution in [3.8, 4) is 0 Å². The summed E-state index contributed by atoms with van der Waals surface area (Å²) >= 11 is 7.56. The molecule has 5 heteroatoms. The summed E-state index contributed by atoms with van der Waals surface area (Å²) in [5.41, 5.74) is 4.99. The first-order valence-corrected chi connectivity index (χ1v) is 7.32.